The highest BCUT2D eigenvalue weighted by Gasteiger charge is 2.42. The zero-order valence-corrected chi connectivity index (χ0v) is 22.1. The van der Waals surface area contributed by atoms with Gasteiger partial charge in [-0.15, -0.1) is 0 Å². The van der Waals surface area contributed by atoms with Crippen molar-refractivity contribution in [1.82, 2.24) is 9.80 Å². The lowest BCUT2D eigenvalue weighted by molar-refractivity contribution is -0.141. The molecule has 0 fully saturated rings. The minimum Gasteiger partial charge on any atom is -0.492 e. The lowest BCUT2D eigenvalue weighted by Gasteiger charge is -2.38. The molecule has 0 aliphatic carbocycles. The van der Waals surface area contributed by atoms with Gasteiger partial charge in [0, 0.05) is 36.3 Å². The molecule has 0 saturated carbocycles. The third kappa shape index (κ3) is 6.14. The normalized spacial score (nSPS) is 17.3. The Morgan fingerprint density at radius 2 is 1.84 bits per heavy atom. The highest BCUT2D eigenvalue weighted by Crippen LogP contribution is 2.35. The van der Waals surface area contributed by atoms with Crippen molar-refractivity contribution in [3.05, 3.63) is 77.3 Å². The Bertz CT molecular complexity index is 1370. The molecule has 1 heterocycles. The molecular formula is C29H30ClN3O5. The Morgan fingerprint density at radius 3 is 2.61 bits per heavy atom. The zero-order chi connectivity index (χ0) is 27.2. The predicted octanol–water partition coefficient (Wildman–Crippen LogP) is 5.45. The molecule has 4 rings (SSSR count). The van der Waals surface area contributed by atoms with Crippen LogP contribution in [-0.4, -0.2) is 65.3 Å². The average Bonchev–Trinajstić information content (AvgIpc) is 2.89. The lowest BCUT2D eigenvalue weighted by Crippen LogP contribution is -2.47. The van der Waals surface area contributed by atoms with Crippen molar-refractivity contribution in [3.8, 4) is 5.75 Å². The fourth-order valence-electron chi connectivity index (χ4n) is 4.79. The number of aliphatic imine (C=N–C) groups is 1. The molecule has 1 aliphatic heterocycles. The van der Waals surface area contributed by atoms with Crippen LogP contribution in [0, 0.1) is 5.92 Å². The summed E-state index contributed by atoms with van der Waals surface area (Å²) in [4.78, 5) is 44.7. The van der Waals surface area contributed by atoms with Crippen LogP contribution < -0.4 is 4.74 Å². The smallest absolute Gasteiger partial charge is 0.344 e. The third-order valence-corrected chi connectivity index (χ3v) is 6.95. The van der Waals surface area contributed by atoms with Gasteiger partial charge in [-0.2, -0.15) is 0 Å². The number of hydrogen-bond acceptors (Lipinski definition) is 4. The molecule has 2 atom stereocenters. The van der Waals surface area contributed by atoms with Gasteiger partial charge in [-0.05, 0) is 42.5 Å². The van der Waals surface area contributed by atoms with Gasteiger partial charge < -0.3 is 19.6 Å². The molecule has 0 saturated heterocycles. The minimum absolute atomic E-state index is 0.0844. The van der Waals surface area contributed by atoms with E-state index in [1.165, 1.54) is 4.90 Å². The Hall–Kier alpha value is -3.91. The predicted molar refractivity (Wildman–Crippen MR) is 147 cm³/mol. The molecule has 38 heavy (non-hydrogen) atoms. The first-order chi connectivity index (χ1) is 18.3. The number of amides is 3. The van der Waals surface area contributed by atoms with E-state index in [9.17, 15) is 19.5 Å². The number of carbonyl (C=O) groups excluding carboxylic acids is 2. The maximum absolute atomic E-state index is 12.8. The zero-order valence-electron chi connectivity index (χ0n) is 21.3. The van der Waals surface area contributed by atoms with Gasteiger partial charge in [0.1, 0.15) is 11.7 Å². The Morgan fingerprint density at radius 1 is 1.11 bits per heavy atom. The second kappa shape index (κ2) is 12.1. The van der Waals surface area contributed by atoms with Crippen molar-refractivity contribution in [1.29, 1.82) is 0 Å². The first kappa shape index (κ1) is 27.1. The number of carboxylic acid groups (broad SMARTS) is 1. The molecule has 0 aromatic heterocycles. The van der Waals surface area contributed by atoms with Crippen molar-refractivity contribution in [2.45, 2.75) is 25.8 Å². The summed E-state index contributed by atoms with van der Waals surface area (Å²) in [7, 11) is 1.70. The second-order valence-corrected chi connectivity index (χ2v) is 9.73. The van der Waals surface area contributed by atoms with Crippen molar-refractivity contribution < 1.29 is 24.2 Å². The highest BCUT2D eigenvalue weighted by molar-refractivity contribution is 6.30. The molecule has 3 aromatic carbocycles. The number of aliphatic carboxylic acids is 1. The van der Waals surface area contributed by atoms with Gasteiger partial charge >= 0.3 is 12.0 Å². The molecule has 3 amide bonds. The van der Waals surface area contributed by atoms with Crippen LogP contribution in [0.25, 0.3) is 10.8 Å². The standard InChI is InChI=1S/C29H30ClN3O5/c1-19-26(28(35)36)27(21-10-5-11-22(30)18-21)33(29(37)31-19)16-7-15-32(2)25(34)14-17-38-24-13-6-9-20-8-3-4-12-23(20)24/h3-6,8-13,18,26-27H,7,14-17H2,1-2H3,(H,35,36). The van der Waals surface area contributed by atoms with Crippen LogP contribution in [0.5, 0.6) is 5.75 Å². The van der Waals surface area contributed by atoms with Crippen LogP contribution in [0.4, 0.5) is 4.79 Å². The summed E-state index contributed by atoms with van der Waals surface area (Å²) in [6, 6.07) is 19.3. The van der Waals surface area contributed by atoms with Gasteiger partial charge in [0.15, 0.2) is 0 Å². The molecule has 3 aromatic rings. The van der Waals surface area contributed by atoms with E-state index in [1.54, 1.807) is 43.1 Å². The maximum Gasteiger partial charge on any atom is 0.344 e. The van der Waals surface area contributed by atoms with Crippen LogP contribution in [0.1, 0.15) is 31.4 Å². The lowest BCUT2D eigenvalue weighted by atomic mass is 9.87. The molecule has 1 N–H and O–H groups in total. The third-order valence-electron chi connectivity index (χ3n) is 6.72. The van der Waals surface area contributed by atoms with Gasteiger partial charge in [0.05, 0.1) is 19.1 Å². The summed E-state index contributed by atoms with van der Waals surface area (Å²) in [5.74, 6) is -1.40. The van der Waals surface area contributed by atoms with E-state index < -0.39 is 24.0 Å². The summed E-state index contributed by atoms with van der Waals surface area (Å²) in [6.07, 6.45) is 0.661. The monoisotopic (exact) mass is 535 g/mol. The molecular weight excluding hydrogens is 506 g/mol. The minimum atomic E-state index is -1.06. The van der Waals surface area contributed by atoms with Gasteiger partial charge in [0.25, 0.3) is 0 Å². The van der Waals surface area contributed by atoms with Crippen molar-refractivity contribution in [3.63, 3.8) is 0 Å². The summed E-state index contributed by atoms with van der Waals surface area (Å²) < 4.78 is 5.89. The Kier molecular flexibility index (Phi) is 8.63. The van der Waals surface area contributed by atoms with E-state index in [4.69, 9.17) is 16.3 Å². The number of urea groups is 1. The number of carboxylic acids is 1. The van der Waals surface area contributed by atoms with Crippen molar-refractivity contribution in [2.75, 3.05) is 26.7 Å². The quantitative estimate of drug-likeness (QED) is 0.372. The van der Waals surface area contributed by atoms with Crippen LogP contribution in [0.3, 0.4) is 0 Å². The van der Waals surface area contributed by atoms with Crippen molar-refractivity contribution in [2.24, 2.45) is 10.9 Å². The molecule has 8 nitrogen and oxygen atoms in total. The molecule has 2 unspecified atom stereocenters. The van der Waals surface area contributed by atoms with E-state index in [0.29, 0.717) is 23.6 Å². The number of nitrogens with zero attached hydrogens (tertiary/aromatic N) is 3. The second-order valence-electron chi connectivity index (χ2n) is 9.29. The number of fused-ring (bicyclic) bond motifs is 1. The van der Waals surface area contributed by atoms with E-state index in [-0.39, 0.29) is 31.2 Å². The van der Waals surface area contributed by atoms with E-state index >= 15 is 0 Å². The van der Waals surface area contributed by atoms with Crippen LogP contribution in [0.15, 0.2) is 71.7 Å². The molecule has 9 heteroatoms. The summed E-state index contributed by atoms with van der Waals surface area (Å²) in [5.41, 5.74) is 0.879. The summed E-state index contributed by atoms with van der Waals surface area (Å²) in [6.45, 7) is 2.42. The summed E-state index contributed by atoms with van der Waals surface area (Å²) >= 11 is 6.17. The number of halogens is 1. The van der Waals surface area contributed by atoms with Crippen molar-refractivity contribution >= 4 is 46.0 Å². The maximum atomic E-state index is 12.8. The van der Waals surface area contributed by atoms with Gasteiger partial charge in [-0.1, -0.05) is 60.1 Å². The number of ether oxygens (including phenoxy) is 1. The fourth-order valence-corrected chi connectivity index (χ4v) is 4.99. The molecule has 198 valence electrons. The molecule has 1 aliphatic rings. The van der Waals surface area contributed by atoms with E-state index in [2.05, 4.69) is 4.99 Å². The molecule has 0 radical (unpaired) electrons. The number of carbonyl (C=O) groups is 3. The molecule has 0 bridgehead atoms. The topological polar surface area (TPSA) is 99.5 Å². The SMILES string of the molecule is CC1=NC(=O)N(CCCN(C)C(=O)CCOc2cccc3ccccc23)C(c2cccc(Cl)c2)C1C(=O)O. The summed E-state index contributed by atoms with van der Waals surface area (Å²) in [5, 5.41) is 12.4. The van der Waals surface area contributed by atoms with Gasteiger partial charge in [0.2, 0.25) is 5.91 Å². The first-order valence-electron chi connectivity index (χ1n) is 12.4. The number of rotatable bonds is 10. The number of hydrogen-bond donors (Lipinski definition) is 1. The van der Waals surface area contributed by atoms with Gasteiger partial charge in [-0.25, -0.2) is 9.79 Å². The van der Waals surface area contributed by atoms with E-state index in [1.807, 2.05) is 42.5 Å². The van der Waals surface area contributed by atoms with Gasteiger partial charge in [-0.3, -0.25) is 9.59 Å². The first-order valence-corrected chi connectivity index (χ1v) is 12.8. The fraction of sp³-hybridized carbons (Fsp3) is 0.310. The van der Waals surface area contributed by atoms with Crippen LogP contribution in [-0.2, 0) is 9.59 Å². The Labute approximate surface area is 226 Å². The Balaban J connectivity index is 1.35. The number of benzene rings is 3. The van der Waals surface area contributed by atoms with E-state index in [0.717, 1.165) is 16.5 Å². The average molecular weight is 536 g/mol. The highest BCUT2D eigenvalue weighted by atomic mass is 35.5. The van der Waals surface area contributed by atoms with Crippen LogP contribution in [0.2, 0.25) is 5.02 Å². The largest absolute Gasteiger partial charge is 0.492 e. The van der Waals surface area contributed by atoms with Crippen LogP contribution >= 0.6 is 11.6 Å². The molecule has 0 spiro atoms.